The maximum absolute atomic E-state index is 5.46. The molecule has 0 aromatic carbocycles. The largest absolute Gasteiger partial charge is 0.400 e. The van der Waals surface area contributed by atoms with E-state index in [0.29, 0.717) is 0 Å². The van der Waals surface area contributed by atoms with Crippen molar-refractivity contribution in [1.82, 2.24) is 0 Å². The number of nitrogens with two attached hydrogens (primary N) is 6. The van der Waals surface area contributed by atoms with E-state index in [1.54, 1.807) is 6.92 Å². The van der Waals surface area contributed by atoms with Gasteiger partial charge in [0.15, 0.2) is 11.4 Å². The monoisotopic (exact) mass is 160 g/mol. The Hall–Kier alpha value is -0.660. The van der Waals surface area contributed by atoms with Crippen molar-refractivity contribution in [2.24, 2.45) is 34.4 Å². The zero-order valence-corrected chi connectivity index (χ0v) is 6.54. The molecule has 0 aliphatic heterocycles. The summed E-state index contributed by atoms with van der Waals surface area (Å²) in [4.78, 5) is 0. The van der Waals surface area contributed by atoms with Gasteiger partial charge >= 0.3 is 0 Å². The summed E-state index contributed by atoms with van der Waals surface area (Å²) in [6.07, 6.45) is 1.50. The Morgan fingerprint density at radius 1 is 1.09 bits per heavy atom. The number of hydrogen-bond donors (Lipinski definition) is 6. The molecule has 0 aromatic heterocycles. The predicted molar refractivity (Wildman–Crippen MR) is 44.3 cm³/mol. The van der Waals surface area contributed by atoms with Gasteiger partial charge < -0.3 is 17.2 Å². The van der Waals surface area contributed by atoms with E-state index >= 15 is 0 Å². The topological polar surface area (TPSA) is 156 Å². The van der Waals surface area contributed by atoms with Crippen molar-refractivity contribution < 1.29 is 0 Å². The molecule has 0 spiro atoms. The van der Waals surface area contributed by atoms with Crippen molar-refractivity contribution in [3.8, 4) is 0 Å². The fourth-order valence-corrected chi connectivity index (χ4v) is 0.489. The Labute approximate surface area is 65.5 Å². The first kappa shape index (κ1) is 10.3. The molecule has 0 aromatic rings. The molecule has 0 aliphatic carbocycles. The molecule has 0 radical (unpaired) electrons. The highest BCUT2D eigenvalue weighted by Gasteiger charge is 2.38. The van der Waals surface area contributed by atoms with Gasteiger partial charge in [-0.05, 0) is 6.92 Å². The molecule has 66 valence electrons. The van der Waals surface area contributed by atoms with Crippen LogP contribution in [0.3, 0.4) is 0 Å². The first-order valence-corrected chi connectivity index (χ1v) is 3.10. The molecule has 0 amide bonds. The van der Waals surface area contributed by atoms with Crippen LogP contribution in [0.25, 0.3) is 0 Å². The van der Waals surface area contributed by atoms with Gasteiger partial charge in [-0.2, -0.15) is 0 Å². The van der Waals surface area contributed by atoms with Crippen molar-refractivity contribution in [2.45, 2.75) is 18.4 Å². The lowest BCUT2D eigenvalue weighted by atomic mass is 10.0. The van der Waals surface area contributed by atoms with Crippen LogP contribution in [0.15, 0.2) is 11.8 Å². The van der Waals surface area contributed by atoms with E-state index in [-0.39, 0.29) is 5.70 Å². The summed E-state index contributed by atoms with van der Waals surface area (Å²) in [6, 6.07) is 0. The van der Waals surface area contributed by atoms with Gasteiger partial charge in [-0.1, -0.05) is 6.08 Å². The second-order valence-corrected chi connectivity index (χ2v) is 2.55. The molecular weight excluding hydrogens is 144 g/mol. The Balaban J connectivity index is 4.74. The second kappa shape index (κ2) is 2.76. The molecule has 0 aliphatic rings. The van der Waals surface area contributed by atoms with E-state index in [2.05, 4.69) is 0 Å². The smallest absolute Gasteiger partial charge is 0.154 e. The van der Waals surface area contributed by atoms with Crippen LogP contribution in [0.5, 0.6) is 0 Å². The Morgan fingerprint density at radius 2 is 1.45 bits per heavy atom. The number of hydrogen-bond acceptors (Lipinski definition) is 6. The minimum Gasteiger partial charge on any atom is -0.400 e. The molecule has 0 unspecified atom stereocenters. The lowest BCUT2D eigenvalue weighted by molar-refractivity contribution is 0.277. The molecular formula is C5H16N6. The van der Waals surface area contributed by atoms with Gasteiger partial charge in [-0.25, -0.2) is 0 Å². The Bertz CT molecular complexity index is 164. The highest BCUT2D eigenvalue weighted by Crippen LogP contribution is 2.06. The van der Waals surface area contributed by atoms with Crippen molar-refractivity contribution in [3.05, 3.63) is 11.8 Å². The lowest BCUT2D eigenvalue weighted by Crippen LogP contribution is -2.82. The molecule has 0 atom stereocenters. The highest BCUT2D eigenvalue weighted by atomic mass is 15.3. The predicted octanol–water partition coefficient (Wildman–Crippen LogP) is -3.01. The third kappa shape index (κ3) is 1.88. The van der Waals surface area contributed by atoms with E-state index in [4.69, 9.17) is 34.4 Å². The van der Waals surface area contributed by atoms with Gasteiger partial charge in [0, 0.05) is 5.70 Å². The highest BCUT2D eigenvalue weighted by molar-refractivity contribution is 5.19. The number of allylic oxidation sites excluding steroid dienone is 1. The summed E-state index contributed by atoms with van der Waals surface area (Å²) in [7, 11) is 0. The van der Waals surface area contributed by atoms with Gasteiger partial charge in [0.05, 0.1) is 0 Å². The summed E-state index contributed by atoms with van der Waals surface area (Å²) >= 11 is 0. The molecule has 0 saturated carbocycles. The van der Waals surface area contributed by atoms with Crippen LogP contribution in [-0.4, -0.2) is 11.4 Å². The van der Waals surface area contributed by atoms with Crippen molar-refractivity contribution in [2.75, 3.05) is 0 Å². The van der Waals surface area contributed by atoms with Crippen LogP contribution in [0.4, 0.5) is 0 Å². The van der Waals surface area contributed by atoms with Crippen molar-refractivity contribution in [1.29, 1.82) is 0 Å². The summed E-state index contributed by atoms with van der Waals surface area (Å²) < 4.78 is 0. The molecule has 6 nitrogen and oxygen atoms in total. The van der Waals surface area contributed by atoms with Gasteiger partial charge in [-0.15, -0.1) is 0 Å². The van der Waals surface area contributed by atoms with Crippen molar-refractivity contribution >= 4 is 0 Å². The van der Waals surface area contributed by atoms with Crippen LogP contribution >= 0.6 is 0 Å². The fourth-order valence-electron chi connectivity index (χ4n) is 0.489. The van der Waals surface area contributed by atoms with Crippen LogP contribution in [0, 0.1) is 0 Å². The normalized spacial score (nSPS) is 15.3. The third-order valence-electron chi connectivity index (χ3n) is 1.51. The minimum atomic E-state index is -1.72. The SMILES string of the molecule is CC=C(N)C(N)(N)C(N)(N)N. The van der Waals surface area contributed by atoms with Gasteiger partial charge in [0.2, 0.25) is 0 Å². The molecule has 0 heterocycles. The van der Waals surface area contributed by atoms with E-state index in [0.717, 1.165) is 0 Å². The molecule has 0 rings (SSSR count). The molecule has 0 bridgehead atoms. The van der Waals surface area contributed by atoms with Gasteiger partial charge in [0.1, 0.15) is 0 Å². The zero-order valence-electron chi connectivity index (χ0n) is 6.54. The van der Waals surface area contributed by atoms with Crippen molar-refractivity contribution in [3.63, 3.8) is 0 Å². The summed E-state index contributed by atoms with van der Waals surface area (Å²) in [5, 5.41) is 0. The average Bonchev–Trinajstić information content (AvgIpc) is 1.83. The maximum Gasteiger partial charge on any atom is 0.154 e. The zero-order chi connectivity index (χ0) is 9.28. The van der Waals surface area contributed by atoms with E-state index in [1.165, 1.54) is 6.08 Å². The van der Waals surface area contributed by atoms with Crippen LogP contribution in [0.1, 0.15) is 6.92 Å². The summed E-state index contributed by atoms with van der Waals surface area (Å²) in [5.74, 6) is -1.72. The molecule has 0 fully saturated rings. The third-order valence-corrected chi connectivity index (χ3v) is 1.51. The van der Waals surface area contributed by atoms with E-state index in [9.17, 15) is 0 Å². The Morgan fingerprint density at radius 3 is 1.55 bits per heavy atom. The maximum atomic E-state index is 5.46. The number of rotatable bonds is 2. The molecule has 0 saturated heterocycles. The fraction of sp³-hybridized carbons (Fsp3) is 0.600. The molecule has 11 heavy (non-hydrogen) atoms. The van der Waals surface area contributed by atoms with Crippen LogP contribution in [0.2, 0.25) is 0 Å². The summed E-state index contributed by atoms with van der Waals surface area (Å²) in [6.45, 7) is 1.66. The minimum absolute atomic E-state index is 0.157. The average molecular weight is 160 g/mol. The standard InChI is InChI=1S/C5H16N6/c1-2-3(6)4(7,8)5(9,10)11/h2H,6-11H2,1H3. The Kier molecular flexibility index (Phi) is 2.60. The van der Waals surface area contributed by atoms with E-state index in [1.807, 2.05) is 0 Å². The van der Waals surface area contributed by atoms with Crippen LogP contribution in [-0.2, 0) is 0 Å². The quantitative estimate of drug-likeness (QED) is 0.236. The second-order valence-electron chi connectivity index (χ2n) is 2.55. The summed E-state index contributed by atoms with van der Waals surface area (Å²) in [5.41, 5.74) is 30.7. The van der Waals surface area contributed by atoms with Crippen LogP contribution < -0.4 is 34.4 Å². The molecule has 12 N–H and O–H groups in total. The lowest BCUT2D eigenvalue weighted by Gasteiger charge is -2.37. The molecule has 6 heteroatoms. The van der Waals surface area contributed by atoms with Gasteiger partial charge in [-0.3, -0.25) is 17.2 Å². The first-order chi connectivity index (χ1) is 4.73. The van der Waals surface area contributed by atoms with E-state index < -0.39 is 11.4 Å². The van der Waals surface area contributed by atoms with Gasteiger partial charge in [0.25, 0.3) is 0 Å². The first-order valence-electron chi connectivity index (χ1n) is 3.10.